The van der Waals surface area contributed by atoms with Gasteiger partial charge in [0.25, 0.3) is 0 Å². The lowest BCUT2D eigenvalue weighted by atomic mass is 10.1. The molecule has 2 rings (SSSR count). The van der Waals surface area contributed by atoms with Crippen molar-refractivity contribution in [3.05, 3.63) is 34.9 Å². The molecular weight excluding hydrogens is 324 g/mol. The Bertz CT molecular complexity index is 554. The van der Waals surface area contributed by atoms with Crippen molar-refractivity contribution >= 4 is 23.4 Å². The highest BCUT2D eigenvalue weighted by atomic mass is 35.5. The molecule has 1 aliphatic rings. The summed E-state index contributed by atoms with van der Waals surface area (Å²) in [6.45, 7) is 2.52. The first-order valence-corrected chi connectivity index (χ1v) is 9.23. The molecule has 0 aromatic heterocycles. The fraction of sp³-hybridized carbons (Fsp3) is 0.579. The first-order chi connectivity index (χ1) is 11.6. The zero-order valence-corrected chi connectivity index (χ0v) is 15.1. The molecule has 1 aromatic carbocycles. The van der Waals surface area contributed by atoms with Gasteiger partial charge in [0, 0.05) is 37.5 Å². The predicted molar refractivity (Wildman–Crippen MR) is 96.8 cm³/mol. The molecule has 1 saturated carbocycles. The van der Waals surface area contributed by atoms with Gasteiger partial charge in [-0.15, -0.1) is 0 Å². The minimum Gasteiger partial charge on any atom is -0.352 e. The van der Waals surface area contributed by atoms with Crippen LogP contribution < -0.4 is 5.32 Å². The van der Waals surface area contributed by atoms with Crippen molar-refractivity contribution in [2.24, 2.45) is 0 Å². The Labute approximate surface area is 149 Å². The third-order valence-electron chi connectivity index (χ3n) is 4.68. The van der Waals surface area contributed by atoms with Crippen molar-refractivity contribution in [1.29, 1.82) is 0 Å². The average Bonchev–Trinajstić information content (AvgIpc) is 2.83. The van der Waals surface area contributed by atoms with Gasteiger partial charge < -0.3 is 10.2 Å². The number of benzene rings is 1. The molecule has 0 aliphatic heterocycles. The molecule has 0 heterocycles. The molecular formula is C19H27ClN2O2. The van der Waals surface area contributed by atoms with Crippen molar-refractivity contribution in [3.8, 4) is 0 Å². The summed E-state index contributed by atoms with van der Waals surface area (Å²) in [4.78, 5) is 26.0. The monoisotopic (exact) mass is 350 g/mol. The number of carbonyl (C=O) groups is 2. The maximum absolute atomic E-state index is 12.1. The van der Waals surface area contributed by atoms with Gasteiger partial charge in [0.05, 0.1) is 0 Å². The lowest BCUT2D eigenvalue weighted by Crippen LogP contribution is -2.41. The van der Waals surface area contributed by atoms with Gasteiger partial charge >= 0.3 is 0 Å². The fourth-order valence-corrected chi connectivity index (χ4v) is 3.52. The quantitative estimate of drug-likeness (QED) is 0.790. The van der Waals surface area contributed by atoms with Crippen LogP contribution in [0.4, 0.5) is 0 Å². The van der Waals surface area contributed by atoms with Crippen LogP contribution in [-0.2, 0) is 16.1 Å². The van der Waals surface area contributed by atoms with Crippen LogP contribution in [0.2, 0.25) is 5.02 Å². The molecule has 2 amide bonds. The lowest BCUT2D eigenvalue weighted by Gasteiger charge is -2.30. The summed E-state index contributed by atoms with van der Waals surface area (Å²) in [5.41, 5.74) is 0.903. The van der Waals surface area contributed by atoms with Crippen molar-refractivity contribution in [2.75, 3.05) is 6.54 Å². The van der Waals surface area contributed by atoms with Crippen LogP contribution in [0.15, 0.2) is 24.3 Å². The standard InChI is InChI=1S/C19H27ClN2O2/c1-15(23)22(17-9-4-2-3-5-10-17)13-12-19(24)21-14-16-8-6-7-11-18(16)20/h6-8,11,17H,2-5,9-10,12-14H2,1H3,(H,21,24). The zero-order chi connectivity index (χ0) is 17.4. The van der Waals surface area contributed by atoms with Crippen LogP contribution in [-0.4, -0.2) is 29.3 Å². The third-order valence-corrected chi connectivity index (χ3v) is 5.05. The van der Waals surface area contributed by atoms with Gasteiger partial charge in [-0.2, -0.15) is 0 Å². The molecule has 0 bridgehead atoms. The Morgan fingerprint density at radius 1 is 1.17 bits per heavy atom. The number of hydrogen-bond acceptors (Lipinski definition) is 2. The molecule has 1 aliphatic carbocycles. The van der Waals surface area contributed by atoms with Gasteiger partial charge in [-0.25, -0.2) is 0 Å². The third kappa shape index (κ3) is 5.82. The largest absolute Gasteiger partial charge is 0.352 e. The predicted octanol–water partition coefficient (Wildman–Crippen LogP) is 3.92. The Hall–Kier alpha value is -1.55. The summed E-state index contributed by atoms with van der Waals surface area (Å²) in [7, 11) is 0. The second kappa shape index (κ2) is 9.67. The van der Waals surface area contributed by atoms with Gasteiger partial charge in [0.1, 0.15) is 0 Å². The van der Waals surface area contributed by atoms with E-state index in [9.17, 15) is 9.59 Å². The van der Waals surface area contributed by atoms with Crippen LogP contribution in [0, 0.1) is 0 Å². The van der Waals surface area contributed by atoms with E-state index in [2.05, 4.69) is 5.32 Å². The topological polar surface area (TPSA) is 49.4 Å². The van der Waals surface area contributed by atoms with E-state index in [0.29, 0.717) is 30.6 Å². The van der Waals surface area contributed by atoms with Crippen molar-refractivity contribution in [1.82, 2.24) is 10.2 Å². The number of rotatable bonds is 6. The van der Waals surface area contributed by atoms with E-state index in [1.54, 1.807) is 6.92 Å². The molecule has 24 heavy (non-hydrogen) atoms. The Morgan fingerprint density at radius 3 is 2.46 bits per heavy atom. The Kier molecular flexibility index (Phi) is 7.57. The number of amides is 2. The number of nitrogens with one attached hydrogen (secondary N) is 1. The maximum atomic E-state index is 12.1. The molecule has 0 atom stereocenters. The second-order valence-corrected chi connectivity index (χ2v) is 6.88. The molecule has 4 nitrogen and oxygen atoms in total. The highest BCUT2D eigenvalue weighted by molar-refractivity contribution is 6.31. The number of nitrogens with zero attached hydrogens (tertiary/aromatic N) is 1. The highest BCUT2D eigenvalue weighted by Crippen LogP contribution is 2.22. The molecule has 0 saturated heterocycles. The van der Waals surface area contributed by atoms with E-state index in [4.69, 9.17) is 11.6 Å². The SMILES string of the molecule is CC(=O)N(CCC(=O)NCc1ccccc1Cl)C1CCCCCC1. The molecule has 1 fully saturated rings. The summed E-state index contributed by atoms with van der Waals surface area (Å²) in [5, 5.41) is 3.54. The Morgan fingerprint density at radius 2 is 1.83 bits per heavy atom. The van der Waals surface area contributed by atoms with Crippen molar-refractivity contribution < 1.29 is 9.59 Å². The smallest absolute Gasteiger partial charge is 0.222 e. The molecule has 1 aromatic rings. The molecule has 0 unspecified atom stereocenters. The van der Waals surface area contributed by atoms with E-state index in [0.717, 1.165) is 18.4 Å². The molecule has 0 radical (unpaired) electrons. The van der Waals surface area contributed by atoms with E-state index >= 15 is 0 Å². The van der Waals surface area contributed by atoms with Crippen LogP contribution in [0.25, 0.3) is 0 Å². The van der Waals surface area contributed by atoms with Crippen LogP contribution >= 0.6 is 11.6 Å². The van der Waals surface area contributed by atoms with E-state index in [1.165, 1.54) is 25.7 Å². The highest BCUT2D eigenvalue weighted by Gasteiger charge is 2.22. The first kappa shape index (κ1) is 18.8. The minimum atomic E-state index is -0.0465. The number of halogens is 1. The summed E-state index contributed by atoms with van der Waals surface area (Å²) in [5.74, 6) is 0.0237. The normalized spacial score (nSPS) is 15.6. The van der Waals surface area contributed by atoms with Gasteiger partial charge in [0.15, 0.2) is 0 Å². The van der Waals surface area contributed by atoms with Gasteiger partial charge in [0.2, 0.25) is 11.8 Å². The van der Waals surface area contributed by atoms with Crippen LogP contribution in [0.1, 0.15) is 57.4 Å². The molecule has 1 N–H and O–H groups in total. The first-order valence-electron chi connectivity index (χ1n) is 8.85. The number of carbonyl (C=O) groups excluding carboxylic acids is 2. The van der Waals surface area contributed by atoms with Gasteiger partial charge in [-0.05, 0) is 24.5 Å². The van der Waals surface area contributed by atoms with Crippen LogP contribution in [0.3, 0.4) is 0 Å². The fourth-order valence-electron chi connectivity index (χ4n) is 3.31. The summed E-state index contributed by atoms with van der Waals surface area (Å²) in [6.07, 6.45) is 7.30. The zero-order valence-electron chi connectivity index (χ0n) is 14.4. The van der Waals surface area contributed by atoms with Gasteiger partial charge in [-0.1, -0.05) is 55.5 Å². The second-order valence-electron chi connectivity index (χ2n) is 6.48. The Balaban J connectivity index is 1.81. The van der Waals surface area contributed by atoms with E-state index < -0.39 is 0 Å². The summed E-state index contributed by atoms with van der Waals surface area (Å²) < 4.78 is 0. The summed E-state index contributed by atoms with van der Waals surface area (Å²) in [6, 6.07) is 7.77. The van der Waals surface area contributed by atoms with E-state index in [-0.39, 0.29) is 11.8 Å². The molecule has 132 valence electrons. The summed E-state index contributed by atoms with van der Waals surface area (Å²) >= 11 is 6.09. The molecule has 0 spiro atoms. The average molecular weight is 351 g/mol. The van der Waals surface area contributed by atoms with Gasteiger partial charge in [-0.3, -0.25) is 9.59 Å². The van der Waals surface area contributed by atoms with Crippen molar-refractivity contribution in [3.63, 3.8) is 0 Å². The maximum Gasteiger partial charge on any atom is 0.222 e. The van der Waals surface area contributed by atoms with E-state index in [1.807, 2.05) is 29.2 Å². The minimum absolute atomic E-state index is 0.0465. The molecule has 5 heteroatoms. The van der Waals surface area contributed by atoms with Crippen molar-refractivity contribution in [2.45, 2.75) is 64.5 Å². The number of hydrogen-bond donors (Lipinski definition) is 1. The van der Waals surface area contributed by atoms with Crippen LogP contribution in [0.5, 0.6) is 0 Å². The lowest BCUT2D eigenvalue weighted by molar-refractivity contribution is -0.132.